The van der Waals surface area contributed by atoms with Crippen LogP contribution in [0, 0.1) is 0 Å². The van der Waals surface area contributed by atoms with Crippen molar-refractivity contribution in [3.8, 4) is 0 Å². The summed E-state index contributed by atoms with van der Waals surface area (Å²) in [5.41, 5.74) is 1.14. The van der Waals surface area contributed by atoms with Gasteiger partial charge in [0.25, 0.3) is 0 Å². The third-order valence-corrected chi connectivity index (χ3v) is 1.85. The molecule has 0 fully saturated rings. The molecule has 0 spiro atoms. The van der Waals surface area contributed by atoms with Gasteiger partial charge in [-0.25, -0.2) is 0 Å². The van der Waals surface area contributed by atoms with E-state index in [0.717, 1.165) is 5.56 Å². The van der Waals surface area contributed by atoms with Gasteiger partial charge in [0, 0.05) is 12.8 Å². The first-order valence-corrected chi connectivity index (χ1v) is 4.56. The summed E-state index contributed by atoms with van der Waals surface area (Å²) in [5, 5.41) is 0. The molecule has 0 amide bonds. The van der Waals surface area contributed by atoms with Crippen LogP contribution in [0.15, 0.2) is 36.4 Å². The summed E-state index contributed by atoms with van der Waals surface area (Å²) in [5.74, 6) is 0.284. The number of carbonyl (C=O) groups excluding carboxylic acids is 1. The van der Waals surface area contributed by atoms with E-state index in [1.165, 1.54) is 0 Å². The third-order valence-electron chi connectivity index (χ3n) is 1.85. The number of hydrogen-bond acceptors (Lipinski definition) is 1. The Kier molecular flexibility index (Phi) is 3.97. The van der Waals surface area contributed by atoms with E-state index in [4.69, 9.17) is 0 Å². The van der Waals surface area contributed by atoms with Crippen molar-refractivity contribution in [3.63, 3.8) is 0 Å². The summed E-state index contributed by atoms with van der Waals surface area (Å²) in [7, 11) is 0. The molecule has 1 aromatic carbocycles. The molecule has 1 rings (SSSR count). The molecular weight excluding hydrogens is 160 g/mol. The van der Waals surface area contributed by atoms with Crippen LogP contribution >= 0.6 is 0 Å². The maximum absolute atomic E-state index is 11.0. The van der Waals surface area contributed by atoms with Gasteiger partial charge < -0.3 is 0 Å². The van der Waals surface area contributed by atoms with Crippen molar-refractivity contribution >= 4 is 11.9 Å². The van der Waals surface area contributed by atoms with Crippen molar-refractivity contribution in [3.05, 3.63) is 42.0 Å². The van der Waals surface area contributed by atoms with Crippen LogP contribution in [0.4, 0.5) is 0 Å². The van der Waals surface area contributed by atoms with Crippen LogP contribution in [0.1, 0.15) is 25.3 Å². The Labute approximate surface area is 79.1 Å². The van der Waals surface area contributed by atoms with Crippen molar-refractivity contribution in [2.24, 2.45) is 0 Å². The van der Waals surface area contributed by atoms with Crippen molar-refractivity contribution in [1.29, 1.82) is 0 Å². The van der Waals surface area contributed by atoms with E-state index in [1.807, 2.05) is 49.4 Å². The topological polar surface area (TPSA) is 17.1 Å². The molecular formula is C12H14O. The molecule has 1 nitrogen and oxygen atoms in total. The van der Waals surface area contributed by atoms with Gasteiger partial charge in [-0.2, -0.15) is 0 Å². The number of benzene rings is 1. The molecule has 0 aromatic heterocycles. The first-order valence-electron chi connectivity index (χ1n) is 4.56. The van der Waals surface area contributed by atoms with Gasteiger partial charge in [0.2, 0.25) is 0 Å². The molecule has 68 valence electrons. The van der Waals surface area contributed by atoms with Crippen LogP contribution < -0.4 is 0 Å². The molecule has 0 bridgehead atoms. The average Bonchev–Trinajstić information content (AvgIpc) is 2.19. The fourth-order valence-corrected chi connectivity index (χ4v) is 1.03. The smallest absolute Gasteiger partial charge is 0.136 e. The van der Waals surface area contributed by atoms with Crippen LogP contribution in [0.3, 0.4) is 0 Å². The largest absolute Gasteiger partial charge is 0.299 e. The zero-order valence-electron chi connectivity index (χ0n) is 7.86. The van der Waals surface area contributed by atoms with E-state index < -0.39 is 0 Å². The number of allylic oxidation sites excluding steroid dienone is 1. The molecule has 1 aromatic rings. The molecule has 0 atom stereocenters. The monoisotopic (exact) mass is 174 g/mol. The van der Waals surface area contributed by atoms with E-state index in [2.05, 4.69) is 0 Å². The Morgan fingerprint density at radius 2 is 2.00 bits per heavy atom. The van der Waals surface area contributed by atoms with Gasteiger partial charge in [-0.3, -0.25) is 4.79 Å². The standard InChI is InChI=1S/C12H14O/c1-2-12(13)10-6-9-11-7-4-3-5-8-11/h3-9H,2,10H2,1H3/b9-6-. The van der Waals surface area contributed by atoms with Gasteiger partial charge in [-0.15, -0.1) is 0 Å². The molecule has 0 aliphatic rings. The minimum absolute atomic E-state index is 0.284. The lowest BCUT2D eigenvalue weighted by Gasteiger charge is -1.91. The van der Waals surface area contributed by atoms with Crippen molar-refractivity contribution in [1.82, 2.24) is 0 Å². The second-order valence-electron chi connectivity index (χ2n) is 2.91. The third kappa shape index (κ3) is 3.70. The maximum Gasteiger partial charge on any atom is 0.136 e. The van der Waals surface area contributed by atoms with E-state index in [0.29, 0.717) is 12.8 Å². The molecule has 0 saturated heterocycles. The fraction of sp³-hybridized carbons (Fsp3) is 0.250. The summed E-state index contributed by atoms with van der Waals surface area (Å²) in [6, 6.07) is 10.00. The lowest BCUT2D eigenvalue weighted by molar-refractivity contribution is -0.117. The summed E-state index contributed by atoms with van der Waals surface area (Å²) in [6.07, 6.45) is 5.07. The van der Waals surface area contributed by atoms with Crippen LogP contribution in [-0.2, 0) is 4.79 Å². The van der Waals surface area contributed by atoms with Gasteiger partial charge in [-0.05, 0) is 5.56 Å². The Morgan fingerprint density at radius 1 is 1.31 bits per heavy atom. The number of rotatable bonds is 4. The lowest BCUT2D eigenvalue weighted by Crippen LogP contribution is -1.90. The SMILES string of the molecule is CCC(=O)C/C=C\c1ccccc1. The Hall–Kier alpha value is -1.37. The summed E-state index contributed by atoms with van der Waals surface area (Å²) in [6.45, 7) is 1.89. The summed E-state index contributed by atoms with van der Waals surface area (Å²) < 4.78 is 0. The van der Waals surface area contributed by atoms with Crippen LogP contribution in [-0.4, -0.2) is 5.78 Å². The van der Waals surface area contributed by atoms with Crippen LogP contribution in [0.25, 0.3) is 6.08 Å². The Balaban J connectivity index is 2.45. The fourth-order valence-electron chi connectivity index (χ4n) is 1.03. The number of hydrogen-bond donors (Lipinski definition) is 0. The average molecular weight is 174 g/mol. The quantitative estimate of drug-likeness (QED) is 0.685. The molecule has 0 aliphatic heterocycles. The van der Waals surface area contributed by atoms with E-state index in [-0.39, 0.29) is 5.78 Å². The zero-order valence-corrected chi connectivity index (χ0v) is 7.86. The molecule has 13 heavy (non-hydrogen) atoms. The molecule has 0 radical (unpaired) electrons. The van der Waals surface area contributed by atoms with E-state index >= 15 is 0 Å². The molecule has 0 saturated carbocycles. The minimum atomic E-state index is 0.284. The highest BCUT2D eigenvalue weighted by Gasteiger charge is 1.91. The highest BCUT2D eigenvalue weighted by Crippen LogP contribution is 2.02. The normalized spacial score (nSPS) is 10.5. The number of ketones is 1. The highest BCUT2D eigenvalue weighted by atomic mass is 16.1. The summed E-state index contributed by atoms with van der Waals surface area (Å²) >= 11 is 0. The Morgan fingerprint density at radius 3 is 2.62 bits per heavy atom. The lowest BCUT2D eigenvalue weighted by atomic mass is 10.1. The molecule has 0 aliphatic carbocycles. The van der Waals surface area contributed by atoms with Crippen LogP contribution in [0.5, 0.6) is 0 Å². The highest BCUT2D eigenvalue weighted by molar-refractivity contribution is 5.80. The minimum Gasteiger partial charge on any atom is -0.299 e. The van der Waals surface area contributed by atoms with Crippen molar-refractivity contribution < 1.29 is 4.79 Å². The summed E-state index contributed by atoms with van der Waals surface area (Å²) in [4.78, 5) is 11.0. The predicted molar refractivity (Wildman–Crippen MR) is 55.4 cm³/mol. The number of carbonyl (C=O) groups is 1. The second-order valence-corrected chi connectivity index (χ2v) is 2.91. The predicted octanol–water partition coefficient (Wildman–Crippen LogP) is 3.07. The van der Waals surface area contributed by atoms with Gasteiger partial charge in [-0.1, -0.05) is 49.4 Å². The first-order chi connectivity index (χ1) is 6.33. The van der Waals surface area contributed by atoms with Gasteiger partial charge in [0.05, 0.1) is 0 Å². The van der Waals surface area contributed by atoms with Gasteiger partial charge in [0.15, 0.2) is 0 Å². The van der Waals surface area contributed by atoms with Gasteiger partial charge in [0.1, 0.15) is 5.78 Å². The van der Waals surface area contributed by atoms with Gasteiger partial charge >= 0.3 is 0 Å². The van der Waals surface area contributed by atoms with E-state index in [9.17, 15) is 4.79 Å². The first kappa shape index (κ1) is 9.72. The second kappa shape index (κ2) is 5.31. The van der Waals surface area contributed by atoms with E-state index in [1.54, 1.807) is 0 Å². The molecule has 0 N–H and O–H groups in total. The zero-order chi connectivity index (χ0) is 9.52. The Bertz CT molecular complexity index is 285. The van der Waals surface area contributed by atoms with Crippen molar-refractivity contribution in [2.75, 3.05) is 0 Å². The molecule has 0 heterocycles. The number of Topliss-reactive ketones (excluding diaryl/α,β-unsaturated/α-hetero) is 1. The molecule has 1 heteroatoms. The van der Waals surface area contributed by atoms with Crippen molar-refractivity contribution in [2.45, 2.75) is 19.8 Å². The van der Waals surface area contributed by atoms with Crippen LogP contribution in [0.2, 0.25) is 0 Å². The molecule has 0 unspecified atom stereocenters. The maximum atomic E-state index is 11.0.